The van der Waals surface area contributed by atoms with Crippen LogP contribution >= 0.6 is 31.9 Å². The number of nitrogens with zero attached hydrogens (tertiary/aromatic N) is 1. The molecule has 0 radical (unpaired) electrons. The maximum Gasteiger partial charge on any atom is 0.291 e. The zero-order valence-corrected chi connectivity index (χ0v) is 19.2. The number of hydrogen-bond donors (Lipinski definition) is 1. The number of benzene rings is 3. The zero-order valence-electron chi connectivity index (χ0n) is 16.1. The summed E-state index contributed by atoms with van der Waals surface area (Å²) in [6, 6.07) is 23.1. The number of rotatable bonds is 3. The van der Waals surface area contributed by atoms with Gasteiger partial charge >= 0.3 is 0 Å². The molecule has 2 nitrogen and oxygen atoms in total. The summed E-state index contributed by atoms with van der Waals surface area (Å²) in [5.41, 5.74) is 8.30. The highest BCUT2D eigenvalue weighted by Gasteiger charge is 2.32. The average Bonchev–Trinajstić information content (AvgIpc) is 3.20. The van der Waals surface area contributed by atoms with E-state index in [-0.39, 0.29) is 12.8 Å². The predicted molar refractivity (Wildman–Crippen MR) is 132 cm³/mol. The maximum atomic E-state index is 9.10. The second-order valence-corrected chi connectivity index (χ2v) is 9.47. The predicted octanol–water partition coefficient (Wildman–Crippen LogP) is 6.33. The molecule has 1 N–H and O–H groups in total. The topological polar surface area (TPSA) is 35.8 Å². The van der Waals surface area contributed by atoms with Crippen LogP contribution in [0.3, 0.4) is 0 Å². The number of halogens is 2. The molecule has 144 valence electrons. The molecule has 0 aromatic heterocycles. The summed E-state index contributed by atoms with van der Waals surface area (Å²) < 4.78 is 2.22. The molecule has 0 saturated carbocycles. The van der Waals surface area contributed by atoms with Crippen LogP contribution < -0.4 is 10.7 Å². The minimum absolute atomic E-state index is 0.152. The first kappa shape index (κ1) is 19.4. The lowest BCUT2D eigenvalue weighted by molar-refractivity contribution is 1.11. The summed E-state index contributed by atoms with van der Waals surface area (Å²) in [5.74, 6) is 0.258. The van der Waals surface area contributed by atoms with E-state index in [0.717, 1.165) is 21.0 Å². The molecule has 0 spiro atoms. The molecule has 5 heteroatoms. The van der Waals surface area contributed by atoms with Crippen molar-refractivity contribution in [2.45, 2.75) is 12.2 Å². The molecule has 0 saturated heterocycles. The lowest BCUT2D eigenvalue weighted by Crippen LogP contribution is -2.46. The van der Waals surface area contributed by atoms with Gasteiger partial charge in [0.1, 0.15) is 0 Å². The van der Waals surface area contributed by atoms with Crippen LogP contribution in [0, 0.1) is 11.3 Å². The Kier molecular flexibility index (Phi) is 5.14. The Labute approximate surface area is 193 Å². The highest BCUT2D eigenvalue weighted by atomic mass is 79.9. The van der Waals surface area contributed by atoms with Crippen LogP contribution in [-0.4, -0.2) is 6.85 Å². The highest BCUT2D eigenvalue weighted by molar-refractivity contribution is 9.12. The normalized spacial score (nSPS) is 16.5. The second-order valence-electron chi connectivity index (χ2n) is 7.64. The fourth-order valence-corrected chi connectivity index (χ4v) is 5.23. The summed E-state index contributed by atoms with van der Waals surface area (Å²) in [6.07, 6.45) is 7.54. The average molecular weight is 516 g/mol. The molecule has 3 aromatic rings. The quantitative estimate of drug-likeness (QED) is 0.414. The lowest BCUT2D eigenvalue weighted by atomic mass is 9.45. The van der Waals surface area contributed by atoms with Crippen LogP contribution in [0.1, 0.15) is 22.6 Å². The minimum Gasteiger partial charge on any atom is -0.424 e. The fraction of sp³-hybridized carbons (Fsp3) is 0.0800. The van der Waals surface area contributed by atoms with Gasteiger partial charge < -0.3 is 5.23 Å². The smallest absolute Gasteiger partial charge is 0.291 e. The monoisotopic (exact) mass is 514 g/mol. The van der Waals surface area contributed by atoms with Crippen LogP contribution in [0.25, 0.3) is 11.1 Å². The standard InChI is InChI=1S/C25H17BBr2N2/c27-19-8-6-17(12-19)22-2-1-3-23-24-13-20(28)9-7-18(24)14-26(25(22)23)30-21-10-4-16(15-29)5-11-21/h1-13,17,30H,14H2. The van der Waals surface area contributed by atoms with Gasteiger partial charge in [0.2, 0.25) is 0 Å². The Morgan fingerprint density at radius 1 is 1.00 bits per heavy atom. The van der Waals surface area contributed by atoms with E-state index in [1.807, 2.05) is 24.3 Å². The first-order chi connectivity index (χ1) is 14.6. The van der Waals surface area contributed by atoms with Gasteiger partial charge in [0.05, 0.1) is 11.6 Å². The van der Waals surface area contributed by atoms with Gasteiger partial charge in [0.25, 0.3) is 6.85 Å². The highest BCUT2D eigenvalue weighted by Crippen LogP contribution is 2.36. The zero-order chi connectivity index (χ0) is 20.7. The number of anilines is 1. The molecular formula is C25H17BBr2N2. The summed E-state index contributed by atoms with van der Waals surface area (Å²) in [4.78, 5) is 0. The number of nitrogens with one attached hydrogen (secondary N) is 1. The Bertz CT molecular complexity index is 1240. The Hall–Kier alpha value is -2.55. The lowest BCUT2D eigenvalue weighted by Gasteiger charge is -2.30. The molecular weight excluding hydrogens is 499 g/mol. The minimum atomic E-state index is 0.152. The second kappa shape index (κ2) is 7.94. The van der Waals surface area contributed by atoms with Gasteiger partial charge in [-0.15, -0.1) is 0 Å². The molecule has 1 unspecified atom stereocenters. The summed E-state index contributed by atoms with van der Waals surface area (Å²) in [6.45, 7) is 0.152. The van der Waals surface area contributed by atoms with Gasteiger partial charge in [-0.05, 0) is 70.4 Å². The Balaban J connectivity index is 1.64. The Morgan fingerprint density at radius 3 is 2.57 bits per heavy atom. The maximum absolute atomic E-state index is 9.10. The van der Waals surface area contributed by atoms with Gasteiger partial charge in [0.15, 0.2) is 0 Å². The van der Waals surface area contributed by atoms with Crippen LogP contribution in [0.2, 0.25) is 0 Å². The molecule has 0 bridgehead atoms. The third-order valence-electron chi connectivity index (χ3n) is 5.79. The van der Waals surface area contributed by atoms with E-state index in [1.165, 1.54) is 27.7 Å². The largest absolute Gasteiger partial charge is 0.424 e. The van der Waals surface area contributed by atoms with E-state index in [2.05, 4.69) is 97.8 Å². The van der Waals surface area contributed by atoms with Crippen molar-refractivity contribution >= 4 is 49.9 Å². The molecule has 5 rings (SSSR count). The van der Waals surface area contributed by atoms with E-state index < -0.39 is 0 Å². The molecule has 1 heterocycles. The molecule has 1 aliphatic heterocycles. The summed E-state index contributed by atoms with van der Waals surface area (Å²) >= 11 is 7.26. The van der Waals surface area contributed by atoms with Crippen molar-refractivity contribution in [2.24, 2.45) is 0 Å². The summed E-state index contributed by atoms with van der Waals surface area (Å²) in [5, 5.41) is 12.8. The number of hydrogen-bond acceptors (Lipinski definition) is 2. The summed E-state index contributed by atoms with van der Waals surface area (Å²) in [7, 11) is 0. The van der Waals surface area contributed by atoms with Crippen LogP contribution in [0.15, 0.2) is 87.8 Å². The molecule has 3 aromatic carbocycles. The van der Waals surface area contributed by atoms with Crippen LogP contribution in [0.5, 0.6) is 0 Å². The van der Waals surface area contributed by atoms with Crippen molar-refractivity contribution in [3.05, 3.63) is 105 Å². The van der Waals surface area contributed by atoms with Crippen molar-refractivity contribution in [3.63, 3.8) is 0 Å². The van der Waals surface area contributed by atoms with E-state index in [0.29, 0.717) is 5.56 Å². The van der Waals surface area contributed by atoms with E-state index in [4.69, 9.17) is 5.26 Å². The van der Waals surface area contributed by atoms with Crippen molar-refractivity contribution in [3.8, 4) is 17.2 Å². The number of nitriles is 1. The van der Waals surface area contributed by atoms with E-state index in [9.17, 15) is 0 Å². The van der Waals surface area contributed by atoms with Gasteiger partial charge in [-0.1, -0.05) is 74.4 Å². The van der Waals surface area contributed by atoms with Crippen molar-refractivity contribution in [2.75, 3.05) is 5.23 Å². The van der Waals surface area contributed by atoms with Crippen molar-refractivity contribution < 1.29 is 0 Å². The SMILES string of the molecule is N#Cc1ccc(NB2Cc3ccc(Br)cc3-c3cccc(C4C=CC(Br)=C4)c32)cc1. The number of fused-ring (bicyclic) bond motifs is 3. The number of allylic oxidation sites excluding steroid dienone is 4. The third-order valence-corrected chi connectivity index (χ3v) is 6.81. The third kappa shape index (κ3) is 3.55. The van der Waals surface area contributed by atoms with Gasteiger partial charge in [-0.3, -0.25) is 0 Å². The fourth-order valence-electron chi connectivity index (χ4n) is 4.43. The van der Waals surface area contributed by atoms with Crippen LogP contribution in [-0.2, 0) is 6.32 Å². The van der Waals surface area contributed by atoms with Gasteiger partial charge in [-0.2, -0.15) is 5.26 Å². The molecule has 0 fully saturated rings. The van der Waals surface area contributed by atoms with Crippen molar-refractivity contribution in [1.29, 1.82) is 5.26 Å². The first-order valence-corrected chi connectivity index (χ1v) is 11.4. The van der Waals surface area contributed by atoms with Gasteiger partial charge in [-0.25, -0.2) is 0 Å². The molecule has 0 amide bonds. The molecule has 1 aliphatic carbocycles. The molecule has 1 atom stereocenters. The first-order valence-electron chi connectivity index (χ1n) is 9.86. The van der Waals surface area contributed by atoms with E-state index >= 15 is 0 Å². The van der Waals surface area contributed by atoms with Crippen molar-refractivity contribution in [1.82, 2.24) is 0 Å². The van der Waals surface area contributed by atoms with E-state index in [1.54, 1.807) is 0 Å². The molecule has 30 heavy (non-hydrogen) atoms. The van der Waals surface area contributed by atoms with Gasteiger partial charge in [0, 0.05) is 20.6 Å². The molecule has 2 aliphatic rings. The van der Waals surface area contributed by atoms with Crippen LogP contribution in [0.4, 0.5) is 5.69 Å². The Morgan fingerprint density at radius 2 is 1.83 bits per heavy atom.